The van der Waals surface area contributed by atoms with Crippen LogP contribution in [0.15, 0.2) is 48.0 Å². The number of amides is 1. The van der Waals surface area contributed by atoms with Gasteiger partial charge in [-0.2, -0.15) is 0 Å². The maximum atomic E-state index is 13.1. The number of hydrogen-bond acceptors (Lipinski definition) is 9. The van der Waals surface area contributed by atoms with Gasteiger partial charge in [-0.15, -0.1) is 0 Å². The van der Waals surface area contributed by atoms with Crippen LogP contribution in [-0.4, -0.2) is 72.3 Å². The van der Waals surface area contributed by atoms with Gasteiger partial charge in [0.05, 0.1) is 50.6 Å². The van der Waals surface area contributed by atoms with Crippen molar-refractivity contribution >= 4 is 23.1 Å². The molecule has 2 N–H and O–H groups in total. The van der Waals surface area contributed by atoms with E-state index >= 15 is 0 Å². The molecular formula is C23H24N2O9. The van der Waals surface area contributed by atoms with Crippen LogP contribution in [0.5, 0.6) is 11.5 Å². The van der Waals surface area contributed by atoms with E-state index in [4.69, 9.17) is 19.3 Å². The number of ether oxygens (including phenoxy) is 3. The predicted molar refractivity (Wildman–Crippen MR) is 120 cm³/mol. The van der Waals surface area contributed by atoms with Crippen molar-refractivity contribution in [2.24, 2.45) is 0 Å². The molecule has 34 heavy (non-hydrogen) atoms. The highest BCUT2D eigenvalue weighted by Crippen LogP contribution is 2.43. The molecule has 11 nitrogen and oxygen atoms in total. The Bertz CT molecular complexity index is 1110. The van der Waals surface area contributed by atoms with Gasteiger partial charge >= 0.3 is 0 Å². The summed E-state index contributed by atoms with van der Waals surface area (Å²) in [5, 5.41) is 31.0. The van der Waals surface area contributed by atoms with Crippen molar-refractivity contribution in [1.82, 2.24) is 4.90 Å². The lowest BCUT2D eigenvalue weighted by Crippen LogP contribution is -2.33. The highest BCUT2D eigenvalue weighted by atomic mass is 16.6. The molecule has 1 amide bonds. The molecule has 0 radical (unpaired) electrons. The number of benzene rings is 2. The minimum Gasteiger partial charge on any atom is -0.507 e. The molecule has 1 heterocycles. The quantitative estimate of drug-likeness (QED) is 0.132. The Labute approximate surface area is 194 Å². The van der Waals surface area contributed by atoms with Gasteiger partial charge in [0.2, 0.25) is 0 Å². The summed E-state index contributed by atoms with van der Waals surface area (Å²) < 4.78 is 16.0. The lowest BCUT2D eigenvalue weighted by atomic mass is 9.94. The van der Waals surface area contributed by atoms with Gasteiger partial charge in [0.15, 0.2) is 0 Å². The monoisotopic (exact) mass is 472 g/mol. The molecular weight excluding hydrogens is 448 g/mol. The maximum absolute atomic E-state index is 13.1. The van der Waals surface area contributed by atoms with Gasteiger partial charge < -0.3 is 29.3 Å². The van der Waals surface area contributed by atoms with E-state index in [1.807, 2.05) is 0 Å². The highest BCUT2D eigenvalue weighted by Gasteiger charge is 2.47. The minimum absolute atomic E-state index is 0.00730. The van der Waals surface area contributed by atoms with Crippen molar-refractivity contribution in [3.63, 3.8) is 0 Å². The molecule has 3 rings (SSSR count). The fourth-order valence-corrected chi connectivity index (χ4v) is 3.71. The number of methoxy groups -OCH3 is 2. The molecule has 0 aliphatic carbocycles. The Morgan fingerprint density at radius 3 is 2.38 bits per heavy atom. The van der Waals surface area contributed by atoms with E-state index in [-0.39, 0.29) is 43.2 Å². The summed E-state index contributed by atoms with van der Waals surface area (Å²) >= 11 is 0. The SMILES string of the molecule is COc1ccc(OC)c(C2/C(=C(/O)c3ccc([N+](=O)[O-])cc3)C(=O)C(=O)N2CCOCCO)c1. The molecule has 2 aromatic rings. The summed E-state index contributed by atoms with van der Waals surface area (Å²) in [5.74, 6) is -1.47. The molecule has 0 spiro atoms. The maximum Gasteiger partial charge on any atom is 0.295 e. The number of likely N-dealkylation sites (tertiary alicyclic amines) is 1. The molecule has 2 aromatic carbocycles. The summed E-state index contributed by atoms with van der Waals surface area (Å²) in [6.45, 7) is -0.119. The first kappa shape index (κ1) is 24.7. The van der Waals surface area contributed by atoms with Gasteiger partial charge in [0.25, 0.3) is 17.4 Å². The number of nitro benzene ring substituents is 1. The number of nitrogens with zero attached hydrogens (tertiary/aromatic N) is 2. The molecule has 1 saturated heterocycles. The first-order chi connectivity index (χ1) is 16.3. The molecule has 1 unspecified atom stereocenters. The van der Waals surface area contributed by atoms with E-state index in [1.54, 1.807) is 18.2 Å². The van der Waals surface area contributed by atoms with Crippen LogP contribution in [0, 0.1) is 10.1 Å². The second-order valence-electron chi connectivity index (χ2n) is 7.24. The molecule has 1 aliphatic heterocycles. The van der Waals surface area contributed by atoms with E-state index in [0.29, 0.717) is 17.1 Å². The zero-order valence-electron chi connectivity index (χ0n) is 18.6. The number of carbonyl (C=O) groups is 2. The molecule has 1 fully saturated rings. The molecule has 180 valence electrons. The van der Waals surface area contributed by atoms with E-state index in [2.05, 4.69) is 0 Å². The van der Waals surface area contributed by atoms with Crippen molar-refractivity contribution in [3.05, 3.63) is 69.3 Å². The van der Waals surface area contributed by atoms with Crippen LogP contribution in [0.25, 0.3) is 5.76 Å². The Balaban J connectivity index is 2.16. The number of ketones is 1. The number of aliphatic hydroxyl groups is 2. The first-order valence-corrected chi connectivity index (χ1v) is 10.3. The van der Waals surface area contributed by atoms with E-state index in [0.717, 1.165) is 0 Å². The summed E-state index contributed by atoms with van der Waals surface area (Å²) in [4.78, 5) is 37.6. The third-order valence-electron chi connectivity index (χ3n) is 5.34. The Kier molecular flexibility index (Phi) is 7.82. The topological polar surface area (TPSA) is 149 Å². The minimum atomic E-state index is -1.04. The van der Waals surface area contributed by atoms with Crippen LogP contribution in [-0.2, 0) is 14.3 Å². The van der Waals surface area contributed by atoms with Crippen LogP contribution in [0.1, 0.15) is 17.2 Å². The van der Waals surface area contributed by atoms with Crippen molar-refractivity contribution in [3.8, 4) is 11.5 Å². The lowest BCUT2D eigenvalue weighted by Gasteiger charge is -2.26. The highest BCUT2D eigenvalue weighted by molar-refractivity contribution is 6.46. The number of aliphatic hydroxyl groups excluding tert-OH is 2. The summed E-state index contributed by atoms with van der Waals surface area (Å²) in [5.41, 5.74) is 0.135. The fourth-order valence-electron chi connectivity index (χ4n) is 3.71. The molecule has 0 aromatic heterocycles. The van der Waals surface area contributed by atoms with Gasteiger partial charge in [0.1, 0.15) is 17.3 Å². The number of non-ortho nitro benzene ring substituents is 1. The smallest absolute Gasteiger partial charge is 0.295 e. The Hall–Kier alpha value is -3.96. The van der Waals surface area contributed by atoms with Crippen molar-refractivity contribution in [1.29, 1.82) is 0 Å². The Morgan fingerprint density at radius 2 is 1.79 bits per heavy atom. The number of nitro groups is 1. The summed E-state index contributed by atoms with van der Waals surface area (Å²) in [7, 11) is 2.89. The average Bonchev–Trinajstić information content (AvgIpc) is 3.10. The molecule has 1 aliphatic rings. The van der Waals surface area contributed by atoms with Gasteiger partial charge in [-0.1, -0.05) is 0 Å². The van der Waals surface area contributed by atoms with Gasteiger partial charge in [0, 0.05) is 29.8 Å². The molecule has 0 bridgehead atoms. The summed E-state index contributed by atoms with van der Waals surface area (Å²) in [6, 6.07) is 8.79. The van der Waals surface area contributed by atoms with Crippen LogP contribution in [0.4, 0.5) is 5.69 Å². The average molecular weight is 472 g/mol. The van der Waals surface area contributed by atoms with Crippen molar-refractivity contribution in [2.75, 3.05) is 40.6 Å². The number of hydrogen-bond donors (Lipinski definition) is 2. The standard InChI is InChI=1S/C23H24N2O9/c1-32-16-7-8-18(33-2)17(13-16)20-19(21(27)14-3-5-15(6-4-14)25(30)31)22(28)23(29)24(20)9-11-34-12-10-26/h3-8,13,20,26-27H,9-12H2,1-2H3/b21-19-. The third-order valence-corrected chi connectivity index (χ3v) is 5.34. The lowest BCUT2D eigenvalue weighted by molar-refractivity contribution is -0.384. The van der Waals surface area contributed by atoms with E-state index < -0.39 is 28.4 Å². The number of Topliss-reactive ketones (excluding diaryl/α,β-unsaturated/α-hetero) is 1. The number of carbonyl (C=O) groups excluding carboxylic acids is 2. The molecule has 0 saturated carbocycles. The second-order valence-corrected chi connectivity index (χ2v) is 7.24. The van der Waals surface area contributed by atoms with Crippen LogP contribution >= 0.6 is 0 Å². The largest absolute Gasteiger partial charge is 0.507 e. The van der Waals surface area contributed by atoms with E-state index in [9.17, 15) is 24.8 Å². The summed E-state index contributed by atoms with van der Waals surface area (Å²) in [6.07, 6.45) is 0. The van der Waals surface area contributed by atoms with Crippen LogP contribution < -0.4 is 9.47 Å². The molecule has 1 atom stereocenters. The normalized spacial score (nSPS) is 17.1. The van der Waals surface area contributed by atoms with Crippen molar-refractivity contribution in [2.45, 2.75) is 6.04 Å². The number of rotatable bonds is 10. The third kappa shape index (κ3) is 4.85. The second kappa shape index (κ2) is 10.8. The van der Waals surface area contributed by atoms with Crippen LogP contribution in [0.2, 0.25) is 0 Å². The predicted octanol–water partition coefficient (Wildman–Crippen LogP) is 2.04. The Morgan fingerprint density at radius 1 is 1.09 bits per heavy atom. The zero-order valence-corrected chi connectivity index (χ0v) is 18.6. The van der Waals surface area contributed by atoms with Gasteiger partial charge in [-0.3, -0.25) is 19.7 Å². The van der Waals surface area contributed by atoms with E-state index in [1.165, 1.54) is 43.4 Å². The van der Waals surface area contributed by atoms with Gasteiger partial charge in [-0.25, -0.2) is 0 Å². The van der Waals surface area contributed by atoms with Crippen molar-refractivity contribution < 1.29 is 38.9 Å². The first-order valence-electron chi connectivity index (χ1n) is 10.3. The van der Waals surface area contributed by atoms with Crippen LogP contribution in [0.3, 0.4) is 0 Å². The molecule has 11 heteroatoms. The zero-order chi connectivity index (χ0) is 24.8. The fraction of sp³-hybridized carbons (Fsp3) is 0.304. The van der Waals surface area contributed by atoms with Gasteiger partial charge in [-0.05, 0) is 30.3 Å².